The number of nitrogens with zero attached hydrogens (tertiary/aromatic N) is 3. The van der Waals surface area contributed by atoms with Crippen LogP contribution >= 0.6 is 0 Å². The predicted octanol–water partition coefficient (Wildman–Crippen LogP) is 1.80. The molecule has 0 spiro atoms. The number of hydrogen-bond donors (Lipinski definition) is 2. The Morgan fingerprint density at radius 3 is 2.67 bits per heavy atom. The zero-order valence-electron chi connectivity index (χ0n) is 11.3. The third kappa shape index (κ3) is 3.57. The van der Waals surface area contributed by atoms with E-state index in [1.54, 1.807) is 12.4 Å². The molecule has 1 aromatic rings. The first-order chi connectivity index (χ1) is 8.79. The third-order valence-electron chi connectivity index (χ3n) is 3.48. The average molecular weight is 249 g/mol. The van der Waals surface area contributed by atoms with E-state index < -0.39 is 0 Å². The van der Waals surface area contributed by atoms with E-state index in [0.717, 1.165) is 18.2 Å². The van der Waals surface area contributed by atoms with Gasteiger partial charge in [-0.05, 0) is 32.9 Å². The Morgan fingerprint density at radius 2 is 1.94 bits per heavy atom. The van der Waals surface area contributed by atoms with Gasteiger partial charge in [0.15, 0.2) is 0 Å². The zero-order chi connectivity index (χ0) is 12.8. The molecule has 0 bridgehead atoms. The van der Waals surface area contributed by atoms with Crippen LogP contribution in [0.15, 0.2) is 12.4 Å². The van der Waals surface area contributed by atoms with Gasteiger partial charge in [0, 0.05) is 19.6 Å². The molecule has 2 rings (SSSR count). The van der Waals surface area contributed by atoms with Gasteiger partial charge in [0.05, 0.1) is 12.4 Å². The van der Waals surface area contributed by atoms with Gasteiger partial charge >= 0.3 is 0 Å². The molecule has 1 fully saturated rings. The van der Waals surface area contributed by atoms with Gasteiger partial charge < -0.3 is 10.6 Å². The molecule has 0 saturated carbocycles. The highest BCUT2D eigenvalue weighted by Crippen LogP contribution is 2.13. The number of likely N-dealkylation sites (tertiary alicyclic amines) is 1. The summed E-state index contributed by atoms with van der Waals surface area (Å²) in [5, 5.41) is 6.36. The Bertz CT molecular complexity index is 362. The van der Waals surface area contributed by atoms with E-state index in [0.29, 0.717) is 6.04 Å². The molecule has 1 unspecified atom stereocenters. The van der Waals surface area contributed by atoms with Crippen LogP contribution in [0.25, 0.3) is 0 Å². The molecule has 0 amide bonds. The maximum atomic E-state index is 4.41. The van der Waals surface area contributed by atoms with Gasteiger partial charge in [-0.15, -0.1) is 0 Å². The molecule has 5 heteroatoms. The molecule has 0 aliphatic carbocycles. The van der Waals surface area contributed by atoms with Crippen LogP contribution < -0.4 is 10.6 Å². The van der Waals surface area contributed by atoms with Crippen LogP contribution in [-0.4, -0.2) is 47.6 Å². The second-order valence-corrected chi connectivity index (χ2v) is 4.87. The molecule has 1 atom stereocenters. The number of aromatic nitrogens is 2. The molecular formula is C13H23N5. The van der Waals surface area contributed by atoms with Crippen molar-refractivity contribution in [1.82, 2.24) is 14.9 Å². The van der Waals surface area contributed by atoms with E-state index in [2.05, 4.69) is 32.4 Å². The van der Waals surface area contributed by atoms with Crippen molar-refractivity contribution in [3.05, 3.63) is 12.4 Å². The zero-order valence-corrected chi connectivity index (χ0v) is 11.3. The van der Waals surface area contributed by atoms with Crippen molar-refractivity contribution in [2.45, 2.75) is 32.2 Å². The third-order valence-corrected chi connectivity index (χ3v) is 3.48. The SMILES string of the molecule is CNc1cncc(NCC(C)N2CCCCC2)n1. The summed E-state index contributed by atoms with van der Waals surface area (Å²) >= 11 is 0. The summed E-state index contributed by atoms with van der Waals surface area (Å²) in [7, 11) is 1.85. The van der Waals surface area contributed by atoms with Gasteiger partial charge in [-0.2, -0.15) is 0 Å². The molecule has 1 aliphatic heterocycles. The van der Waals surface area contributed by atoms with Gasteiger partial charge in [-0.25, -0.2) is 4.98 Å². The minimum atomic E-state index is 0.547. The van der Waals surface area contributed by atoms with Crippen LogP contribution in [0.1, 0.15) is 26.2 Å². The van der Waals surface area contributed by atoms with Crippen molar-refractivity contribution in [2.24, 2.45) is 0 Å². The number of anilines is 2. The van der Waals surface area contributed by atoms with E-state index in [9.17, 15) is 0 Å². The number of piperidine rings is 1. The monoisotopic (exact) mass is 249 g/mol. The second-order valence-electron chi connectivity index (χ2n) is 4.87. The Hall–Kier alpha value is -1.36. The van der Waals surface area contributed by atoms with E-state index in [1.807, 2.05) is 7.05 Å². The first-order valence-electron chi connectivity index (χ1n) is 6.77. The summed E-state index contributed by atoms with van der Waals surface area (Å²) in [4.78, 5) is 11.1. The Labute approximate surface area is 109 Å². The number of hydrogen-bond acceptors (Lipinski definition) is 5. The van der Waals surface area contributed by atoms with Crippen molar-refractivity contribution < 1.29 is 0 Å². The van der Waals surface area contributed by atoms with Gasteiger partial charge in [0.25, 0.3) is 0 Å². The maximum Gasteiger partial charge on any atom is 0.147 e. The van der Waals surface area contributed by atoms with Crippen molar-refractivity contribution in [3.8, 4) is 0 Å². The molecule has 5 nitrogen and oxygen atoms in total. The summed E-state index contributed by atoms with van der Waals surface area (Å²) in [6, 6.07) is 0.547. The van der Waals surface area contributed by atoms with Crippen molar-refractivity contribution in [2.75, 3.05) is 37.3 Å². The van der Waals surface area contributed by atoms with Crippen LogP contribution in [0.5, 0.6) is 0 Å². The first-order valence-corrected chi connectivity index (χ1v) is 6.77. The summed E-state index contributed by atoms with van der Waals surface area (Å²) in [5.74, 6) is 1.64. The second kappa shape index (κ2) is 6.54. The summed E-state index contributed by atoms with van der Waals surface area (Å²) < 4.78 is 0. The van der Waals surface area contributed by atoms with Crippen molar-refractivity contribution in [3.63, 3.8) is 0 Å². The Morgan fingerprint density at radius 1 is 1.22 bits per heavy atom. The Kier molecular flexibility index (Phi) is 4.75. The summed E-state index contributed by atoms with van der Waals surface area (Å²) in [5.41, 5.74) is 0. The normalized spacial score (nSPS) is 18.3. The fourth-order valence-electron chi connectivity index (χ4n) is 2.31. The molecule has 0 aromatic carbocycles. The summed E-state index contributed by atoms with van der Waals surface area (Å²) in [6.45, 7) is 5.64. The lowest BCUT2D eigenvalue weighted by atomic mass is 10.1. The lowest BCUT2D eigenvalue weighted by molar-refractivity contribution is 0.180. The van der Waals surface area contributed by atoms with Crippen LogP contribution in [0, 0.1) is 0 Å². The van der Waals surface area contributed by atoms with Gasteiger partial charge in [-0.1, -0.05) is 6.42 Å². The molecule has 1 saturated heterocycles. The van der Waals surface area contributed by atoms with E-state index in [1.165, 1.54) is 32.4 Å². The smallest absolute Gasteiger partial charge is 0.147 e. The topological polar surface area (TPSA) is 53.1 Å². The first kappa shape index (κ1) is 13.1. The predicted molar refractivity (Wildman–Crippen MR) is 75.0 cm³/mol. The number of rotatable bonds is 5. The van der Waals surface area contributed by atoms with E-state index in [-0.39, 0.29) is 0 Å². The molecule has 2 heterocycles. The largest absolute Gasteiger partial charge is 0.372 e. The van der Waals surface area contributed by atoms with Crippen molar-refractivity contribution >= 4 is 11.6 Å². The van der Waals surface area contributed by atoms with Crippen LogP contribution in [-0.2, 0) is 0 Å². The summed E-state index contributed by atoms with van der Waals surface area (Å²) in [6.07, 6.45) is 7.54. The minimum absolute atomic E-state index is 0.547. The standard InChI is InChI=1S/C13H23N5/c1-11(18-6-4-3-5-7-18)8-16-13-10-15-9-12(14-2)17-13/h9-11H,3-8H2,1-2H3,(H2,14,16,17). The maximum absolute atomic E-state index is 4.41. The van der Waals surface area contributed by atoms with E-state index in [4.69, 9.17) is 0 Å². The van der Waals surface area contributed by atoms with E-state index >= 15 is 0 Å². The molecular weight excluding hydrogens is 226 g/mol. The Balaban J connectivity index is 1.82. The molecule has 1 aromatic heterocycles. The average Bonchev–Trinajstić information content (AvgIpc) is 2.46. The molecule has 18 heavy (non-hydrogen) atoms. The van der Waals surface area contributed by atoms with Crippen LogP contribution in [0.2, 0.25) is 0 Å². The van der Waals surface area contributed by atoms with Crippen LogP contribution in [0.4, 0.5) is 11.6 Å². The molecule has 0 radical (unpaired) electrons. The van der Waals surface area contributed by atoms with Gasteiger partial charge in [0.1, 0.15) is 11.6 Å². The lowest BCUT2D eigenvalue weighted by Gasteiger charge is -2.32. The van der Waals surface area contributed by atoms with Crippen LogP contribution in [0.3, 0.4) is 0 Å². The van der Waals surface area contributed by atoms with Gasteiger partial charge in [0.2, 0.25) is 0 Å². The molecule has 1 aliphatic rings. The quantitative estimate of drug-likeness (QED) is 0.833. The van der Waals surface area contributed by atoms with Gasteiger partial charge in [-0.3, -0.25) is 9.88 Å². The lowest BCUT2D eigenvalue weighted by Crippen LogP contribution is -2.41. The molecule has 2 N–H and O–H groups in total. The fraction of sp³-hybridized carbons (Fsp3) is 0.692. The highest BCUT2D eigenvalue weighted by molar-refractivity contribution is 5.40. The fourth-order valence-corrected chi connectivity index (χ4v) is 2.31. The highest BCUT2D eigenvalue weighted by Gasteiger charge is 2.16. The molecule has 100 valence electrons. The number of nitrogens with one attached hydrogen (secondary N) is 2. The highest BCUT2D eigenvalue weighted by atomic mass is 15.2. The minimum Gasteiger partial charge on any atom is -0.372 e. The van der Waals surface area contributed by atoms with Crippen molar-refractivity contribution in [1.29, 1.82) is 0 Å².